The quantitative estimate of drug-likeness (QED) is 0.591. The molecular weight excluding hydrogens is 224 g/mol. The van der Waals surface area contributed by atoms with E-state index in [1.807, 2.05) is 0 Å². The highest BCUT2D eigenvalue weighted by Crippen LogP contribution is 1.94. The predicted molar refractivity (Wildman–Crippen MR) is 55.6 cm³/mol. The largest absolute Gasteiger partial charge is 0.306 e. The molecule has 2 aromatic heterocycles. The highest BCUT2D eigenvalue weighted by molar-refractivity contribution is 5.97. The fourth-order valence-electron chi connectivity index (χ4n) is 1.06. The van der Waals surface area contributed by atoms with Crippen molar-refractivity contribution in [3.8, 4) is 0 Å². The fourth-order valence-corrected chi connectivity index (χ4v) is 1.06. The highest BCUT2D eigenvalue weighted by atomic mass is 16.2. The lowest BCUT2D eigenvalue weighted by Crippen LogP contribution is -2.42. The van der Waals surface area contributed by atoms with Crippen LogP contribution in [0.3, 0.4) is 0 Å². The summed E-state index contributed by atoms with van der Waals surface area (Å²) in [4.78, 5) is 30.3. The van der Waals surface area contributed by atoms with Gasteiger partial charge in [0.2, 0.25) is 5.82 Å². The molecular formula is C9H8N6O2. The Bertz CT molecular complexity index is 510. The van der Waals surface area contributed by atoms with Crippen LogP contribution in [0.1, 0.15) is 21.0 Å². The lowest BCUT2D eigenvalue weighted by molar-refractivity contribution is 0.0841. The van der Waals surface area contributed by atoms with Gasteiger partial charge in [-0.15, -0.1) is 0 Å². The normalized spacial score (nSPS) is 9.65. The number of nitrogens with zero attached hydrogens (tertiary/aromatic N) is 3. The van der Waals surface area contributed by atoms with Gasteiger partial charge in [0.25, 0.3) is 5.91 Å². The van der Waals surface area contributed by atoms with Crippen molar-refractivity contribution in [2.45, 2.75) is 0 Å². The van der Waals surface area contributed by atoms with Crippen LogP contribution in [0.2, 0.25) is 0 Å². The molecule has 0 fully saturated rings. The molecule has 0 spiro atoms. The van der Waals surface area contributed by atoms with Gasteiger partial charge in [0.15, 0.2) is 0 Å². The van der Waals surface area contributed by atoms with Crippen molar-refractivity contribution in [3.05, 3.63) is 42.2 Å². The molecule has 0 saturated heterocycles. The maximum Gasteiger partial charge on any atom is 0.306 e. The third kappa shape index (κ3) is 2.62. The number of amides is 2. The molecule has 0 unspecified atom stereocenters. The Morgan fingerprint density at radius 1 is 1.12 bits per heavy atom. The van der Waals surface area contributed by atoms with E-state index in [1.54, 1.807) is 0 Å². The Morgan fingerprint density at radius 2 is 1.82 bits per heavy atom. The van der Waals surface area contributed by atoms with Gasteiger partial charge in [-0.2, -0.15) is 5.10 Å². The fraction of sp³-hybridized carbons (Fsp3) is 0. The van der Waals surface area contributed by atoms with Gasteiger partial charge in [0, 0.05) is 18.0 Å². The second-order valence-electron chi connectivity index (χ2n) is 2.98. The molecule has 0 aromatic carbocycles. The molecule has 2 aromatic rings. The molecule has 2 rings (SSSR count). The van der Waals surface area contributed by atoms with E-state index in [1.165, 1.54) is 30.9 Å². The molecule has 17 heavy (non-hydrogen) atoms. The molecule has 0 radical (unpaired) electrons. The summed E-state index contributed by atoms with van der Waals surface area (Å²) in [5.74, 6) is -1.01. The smallest absolute Gasteiger partial charge is 0.267 e. The number of H-pyrrole nitrogens is 1. The van der Waals surface area contributed by atoms with Crippen molar-refractivity contribution in [2.24, 2.45) is 0 Å². The highest BCUT2D eigenvalue weighted by Gasteiger charge is 2.10. The van der Waals surface area contributed by atoms with Crippen LogP contribution in [-0.2, 0) is 0 Å². The van der Waals surface area contributed by atoms with E-state index < -0.39 is 11.8 Å². The number of carbonyl (C=O) groups excluding carboxylic acids is 2. The molecule has 2 heterocycles. The number of hydrazine groups is 1. The molecule has 0 saturated carbocycles. The average Bonchev–Trinajstić information content (AvgIpc) is 2.90. The first-order chi connectivity index (χ1) is 8.27. The second kappa shape index (κ2) is 4.84. The van der Waals surface area contributed by atoms with Crippen molar-refractivity contribution in [2.75, 3.05) is 0 Å². The average molecular weight is 232 g/mol. The van der Waals surface area contributed by atoms with Crippen molar-refractivity contribution in [1.29, 1.82) is 0 Å². The number of rotatable bonds is 2. The maximum atomic E-state index is 11.5. The Hall–Kier alpha value is -2.77. The van der Waals surface area contributed by atoms with E-state index in [0.717, 1.165) is 0 Å². The number of hydrogen-bond acceptors (Lipinski definition) is 5. The van der Waals surface area contributed by atoms with Gasteiger partial charge >= 0.3 is 5.91 Å². The van der Waals surface area contributed by atoms with Gasteiger partial charge in [0.05, 0.1) is 0 Å². The molecule has 0 atom stereocenters. The third-order valence-electron chi connectivity index (χ3n) is 1.86. The van der Waals surface area contributed by atoms with E-state index in [0.29, 0.717) is 5.56 Å². The van der Waals surface area contributed by atoms with Gasteiger partial charge < -0.3 is 0 Å². The van der Waals surface area contributed by atoms with E-state index in [9.17, 15) is 9.59 Å². The summed E-state index contributed by atoms with van der Waals surface area (Å²) in [6.07, 6.45) is 4.15. The van der Waals surface area contributed by atoms with Gasteiger partial charge in [0.1, 0.15) is 6.33 Å². The standard InChI is InChI=1S/C9H8N6O2/c16-8(6-1-3-10-4-2-6)14-15-9(17)7-11-5-12-13-7/h1-5H,(H,14,16)(H,15,17)(H,11,12,13). The van der Waals surface area contributed by atoms with Crippen LogP contribution < -0.4 is 10.9 Å². The first-order valence-electron chi connectivity index (χ1n) is 4.63. The Morgan fingerprint density at radius 3 is 2.47 bits per heavy atom. The summed E-state index contributed by atoms with van der Waals surface area (Å²) in [5.41, 5.74) is 4.81. The Balaban J connectivity index is 1.91. The molecule has 0 aliphatic rings. The second-order valence-corrected chi connectivity index (χ2v) is 2.98. The zero-order valence-corrected chi connectivity index (χ0v) is 8.54. The lowest BCUT2D eigenvalue weighted by atomic mass is 10.3. The van der Waals surface area contributed by atoms with E-state index in [4.69, 9.17) is 0 Å². The zero-order chi connectivity index (χ0) is 12.1. The number of hydrogen-bond donors (Lipinski definition) is 3. The summed E-state index contributed by atoms with van der Waals surface area (Å²) < 4.78 is 0. The van der Waals surface area contributed by atoms with Crippen LogP contribution in [0, 0.1) is 0 Å². The van der Waals surface area contributed by atoms with Crippen LogP contribution >= 0.6 is 0 Å². The summed E-state index contributed by atoms with van der Waals surface area (Å²) in [7, 11) is 0. The monoisotopic (exact) mass is 232 g/mol. The van der Waals surface area contributed by atoms with Gasteiger partial charge in [-0.1, -0.05) is 0 Å². The summed E-state index contributed by atoms with van der Waals surface area (Å²) in [5, 5.41) is 5.88. The van der Waals surface area contributed by atoms with Crippen molar-refractivity contribution in [3.63, 3.8) is 0 Å². The van der Waals surface area contributed by atoms with Gasteiger partial charge in [-0.3, -0.25) is 30.5 Å². The summed E-state index contributed by atoms with van der Waals surface area (Å²) >= 11 is 0. The van der Waals surface area contributed by atoms with Crippen LogP contribution in [0.5, 0.6) is 0 Å². The number of aromatic nitrogens is 4. The number of aromatic amines is 1. The van der Waals surface area contributed by atoms with Crippen LogP contribution in [0.15, 0.2) is 30.9 Å². The molecule has 8 heteroatoms. The van der Waals surface area contributed by atoms with E-state index in [-0.39, 0.29) is 5.82 Å². The lowest BCUT2D eigenvalue weighted by Gasteiger charge is -2.04. The van der Waals surface area contributed by atoms with Crippen LogP contribution in [0.4, 0.5) is 0 Å². The molecule has 0 aliphatic heterocycles. The molecule has 3 N–H and O–H groups in total. The molecule has 86 valence electrons. The Labute approximate surface area is 95.4 Å². The summed E-state index contributed by atoms with van der Waals surface area (Å²) in [6, 6.07) is 3.05. The first kappa shape index (κ1) is 10.7. The number of pyridine rings is 1. The van der Waals surface area contributed by atoms with E-state index >= 15 is 0 Å². The SMILES string of the molecule is O=C(NNC(=O)c1ncn[nH]1)c1ccncc1. The molecule has 2 amide bonds. The first-order valence-corrected chi connectivity index (χ1v) is 4.63. The van der Waals surface area contributed by atoms with Crippen LogP contribution in [0.25, 0.3) is 0 Å². The minimum absolute atomic E-state index is 0.0139. The maximum absolute atomic E-state index is 11.5. The predicted octanol–water partition coefficient (Wildman–Crippen LogP) is -0.725. The minimum Gasteiger partial charge on any atom is -0.267 e. The number of carbonyl (C=O) groups is 2. The van der Waals surface area contributed by atoms with Crippen LogP contribution in [-0.4, -0.2) is 32.0 Å². The molecule has 8 nitrogen and oxygen atoms in total. The zero-order valence-electron chi connectivity index (χ0n) is 8.54. The molecule has 0 aliphatic carbocycles. The minimum atomic E-state index is -0.579. The number of nitrogens with one attached hydrogen (secondary N) is 3. The molecule has 0 bridgehead atoms. The third-order valence-corrected chi connectivity index (χ3v) is 1.86. The van der Waals surface area contributed by atoms with Gasteiger partial charge in [-0.05, 0) is 12.1 Å². The summed E-state index contributed by atoms with van der Waals surface area (Å²) in [6.45, 7) is 0. The van der Waals surface area contributed by atoms with Crippen molar-refractivity contribution < 1.29 is 9.59 Å². The topological polar surface area (TPSA) is 113 Å². The van der Waals surface area contributed by atoms with Crippen molar-refractivity contribution in [1.82, 2.24) is 31.0 Å². The Kier molecular flexibility index (Phi) is 3.05. The van der Waals surface area contributed by atoms with Crippen molar-refractivity contribution >= 4 is 11.8 Å². The van der Waals surface area contributed by atoms with Gasteiger partial charge in [-0.25, -0.2) is 4.98 Å². The van der Waals surface area contributed by atoms with E-state index in [2.05, 4.69) is 31.0 Å².